The highest BCUT2D eigenvalue weighted by atomic mass is 32.2. The number of thiazole rings is 1. The summed E-state index contributed by atoms with van der Waals surface area (Å²) in [5, 5.41) is 1.01. The molecule has 21 heavy (non-hydrogen) atoms. The maximum absolute atomic E-state index is 12.4. The molecule has 2 saturated heterocycles. The summed E-state index contributed by atoms with van der Waals surface area (Å²) in [5.41, 5.74) is 0.945. The van der Waals surface area contributed by atoms with Gasteiger partial charge in [-0.05, 0) is 6.07 Å². The molecule has 2 aliphatic heterocycles. The van der Waals surface area contributed by atoms with Crippen LogP contribution >= 0.6 is 23.1 Å². The highest BCUT2D eigenvalue weighted by Gasteiger charge is 2.37. The molecule has 0 aliphatic carbocycles. The van der Waals surface area contributed by atoms with E-state index in [1.165, 1.54) is 0 Å². The molecule has 4 rings (SSSR count). The standard InChI is InChI=1S/C14H16N4OS2/c19-13(17-3-5-20-6-4-17)10-8-18(9-10)14-16-11-7-15-2-1-12(11)21-14/h1-2,7,10H,3-6,8-9H2. The first-order chi connectivity index (χ1) is 10.3. The van der Waals surface area contributed by atoms with Gasteiger partial charge in [0.25, 0.3) is 0 Å². The second-order valence-corrected chi connectivity index (χ2v) is 7.61. The van der Waals surface area contributed by atoms with Crippen molar-refractivity contribution in [2.45, 2.75) is 0 Å². The number of hydrogen-bond donors (Lipinski definition) is 0. The summed E-state index contributed by atoms with van der Waals surface area (Å²) < 4.78 is 1.16. The molecule has 0 unspecified atom stereocenters. The highest BCUT2D eigenvalue weighted by Crippen LogP contribution is 2.33. The third-order valence-electron chi connectivity index (χ3n) is 4.00. The molecule has 0 aromatic carbocycles. The van der Waals surface area contributed by atoms with E-state index in [2.05, 4.69) is 14.9 Å². The van der Waals surface area contributed by atoms with Gasteiger partial charge in [0.05, 0.1) is 16.8 Å². The Kier molecular flexibility index (Phi) is 3.46. The van der Waals surface area contributed by atoms with E-state index in [0.29, 0.717) is 5.91 Å². The van der Waals surface area contributed by atoms with E-state index in [9.17, 15) is 4.79 Å². The van der Waals surface area contributed by atoms with Crippen LogP contribution in [0, 0.1) is 5.92 Å². The first-order valence-electron chi connectivity index (χ1n) is 7.13. The number of carbonyl (C=O) groups excluding carboxylic acids is 1. The minimum atomic E-state index is 0.151. The van der Waals surface area contributed by atoms with Crippen molar-refractivity contribution in [3.8, 4) is 0 Å². The molecule has 7 heteroatoms. The summed E-state index contributed by atoms with van der Waals surface area (Å²) >= 11 is 3.61. The van der Waals surface area contributed by atoms with Crippen molar-refractivity contribution >= 4 is 44.4 Å². The predicted octanol–water partition coefficient (Wildman–Crippen LogP) is 1.70. The van der Waals surface area contributed by atoms with Crippen LogP contribution in [-0.4, -0.2) is 58.5 Å². The van der Waals surface area contributed by atoms with Gasteiger partial charge >= 0.3 is 0 Å². The minimum Gasteiger partial charge on any atom is -0.346 e. The van der Waals surface area contributed by atoms with Crippen LogP contribution in [0.5, 0.6) is 0 Å². The zero-order valence-electron chi connectivity index (χ0n) is 11.6. The van der Waals surface area contributed by atoms with Crippen LogP contribution in [0.4, 0.5) is 5.13 Å². The number of carbonyl (C=O) groups is 1. The third kappa shape index (κ3) is 2.48. The fourth-order valence-corrected chi connectivity index (χ4v) is 4.59. The first-order valence-corrected chi connectivity index (χ1v) is 9.10. The molecule has 0 N–H and O–H groups in total. The van der Waals surface area contributed by atoms with Crippen LogP contribution in [-0.2, 0) is 4.79 Å². The van der Waals surface area contributed by atoms with Gasteiger partial charge in [0.2, 0.25) is 5.91 Å². The first kappa shape index (κ1) is 13.3. The van der Waals surface area contributed by atoms with Gasteiger partial charge in [0.1, 0.15) is 5.52 Å². The zero-order chi connectivity index (χ0) is 14.2. The van der Waals surface area contributed by atoms with E-state index in [0.717, 1.165) is 53.0 Å². The molecule has 1 amide bonds. The van der Waals surface area contributed by atoms with Crippen molar-refractivity contribution in [2.24, 2.45) is 5.92 Å². The van der Waals surface area contributed by atoms with Gasteiger partial charge in [-0.1, -0.05) is 11.3 Å². The fourth-order valence-electron chi connectivity index (χ4n) is 2.74. The molecule has 2 fully saturated rings. The summed E-state index contributed by atoms with van der Waals surface area (Å²) in [5.74, 6) is 2.63. The number of aromatic nitrogens is 2. The Labute approximate surface area is 131 Å². The third-order valence-corrected chi connectivity index (χ3v) is 6.04. The smallest absolute Gasteiger partial charge is 0.229 e. The Balaban J connectivity index is 1.41. The Morgan fingerprint density at radius 1 is 1.29 bits per heavy atom. The summed E-state index contributed by atoms with van der Waals surface area (Å²) in [4.78, 5) is 25.3. The predicted molar refractivity (Wildman–Crippen MR) is 87.0 cm³/mol. The molecule has 2 aromatic rings. The number of rotatable bonds is 2. The molecule has 0 saturated carbocycles. The Bertz CT molecular complexity index is 629. The van der Waals surface area contributed by atoms with Gasteiger partial charge in [-0.3, -0.25) is 9.78 Å². The van der Waals surface area contributed by atoms with Gasteiger partial charge in [-0.15, -0.1) is 0 Å². The van der Waals surface area contributed by atoms with Crippen molar-refractivity contribution in [1.82, 2.24) is 14.9 Å². The topological polar surface area (TPSA) is 49.3 Å². The summed E-state index contributed by atoms with van der Waals surface area (Å²) in [7, 11) is 0. The number of nitrogens with zero attached hydrogens (tertiary/aromatic N) is 4. The van der Waals surface area contributed by atoms with Crippen LogP contribution in [0.1, 0.15) is 0 Å². The Morgan fingerprint density at radius 2 is 2.10 bits per heavy atom. The van der Waals surface area contributed by atoms with E-state index < -0.39 is 0 Å². The molecular weight excluding hydrogens is 304 g/mol. The van der Waals surface area contributed by atoms with Gasteiger partial charge in [-0.2, -0.15) is 11.8 Å². The Morgan fingerprint density at radius 3 is 2.86 bits per heavy atom. The quantitative estimate of drug-likeness (QED) is 0.843. The van der Waals surface area contributed by atoms with Gasteiger partial charge in [-0.25, -0.2) is 4.98 Å². The second-order valence-electron chi connectivity index (χ2n) is 5.38. The van der Waals surface area contributed by atoms with Crippen molar-refractivity contribution in [1.29, 1.82) is 0 Å². The number of anilines is 1. The van der Waals surface area contributed by atoms with Gasteiger partial charge < -0.3 is 9.80 Å². The summed E-state index contributed by atoms with van der Waals surface area (Å²) in [6, 6.07) is 1.99. The van der Waals surface area contributed by atoms with E-state index in [-0.39, 0.29) is 5.92 Å². The number of hydrogen-bond acceptors (Lipinski definition) is 6. The van der Waals surface area contributed by atoms with E-state index in [1.54, 1.807) is 23.7 Å². The number of thioether (sulfide) groups is 1. The van der Waals surface area contributed by atoms with Crippen molar-refractivity contribution in [2.75, 3.05) is 42.6 Å². The molecule has 110 valence electrons. The lowest BCUT2D eigenvalue weighted by Crippen LogP contribution is -2.55. The van der Waals surface area contributed by atoms with E-state index in [4.69, 9.17) is 0 Å². The lowest BCUT2D eigenvalue weighted by atomic mass is 9.99. The highest BCUT2D eigenvalue weighted by molar-refractivity contribution is 7.99. The average Bonchev–Trinajstić information content (AvgIpc) is 2.90. The number of amides is 1. The molecule has 0 atom stereocenters. The Hall–Kier alpha value is -1.34. The van der Waals surface area contributed by atoms with Crippen molar-refractivity contribution < 1.29 is 4.79 Å². The SMILES string of the molecule is O=C(C1CN(c2nc3cnccc3s2)C1)N1CCSCC1. The molecular formula is C14H16N4OS2. The van der Waals surface area contributed by atoms with Crippen LogP contribution < -0.4 is 4.90 Å². The van der Waals surface area contributed by atoms with Crippen LogP contribution in [0.2, 0.25) is 0 Å². The van der Waals surface area contributed by atoms with Crippen LogP contribution in [0.15, 0.2) is 18.5 Å². The molecule has 4 heterocycles. The van der Waals surface area contributed by atoms with Crippen LogP contribution in [0.25, 0.3) is 10.2 Å². The lowest BCUT2D eigenvalue weighted by molar-refractivity contribution is -0.135. The molecule has 2 aliphatic rings. The second kappa shape index (κ2) is 5.46. The maximum Gasteiger partial charge on any atom is 0.229 e. The normalized spacial score (nSPS) is 19.8. The largest absolute Gasteiger partial charge is 0.346 e. The summed E-state index contributed by atoms with van der Waals surface area (Å²) in [6.07, 6.45) is 3.59. The van der Waals surface area contributed by atoms with Crippen molar-refractivity contribution in [3.63, 3.8) is 0 Å². The zero-order valence-corrected chi connectivity index (χ0v) is 13.2. The maximum atomic E-state index is 12.4. The number of fused-ring (bicyclic) bond motifs is 1. The minimum absolute atomic E-state index is 0.151. The fraction of sp³-hybridized carbons (Fsp3) is 0.500. The van der Waals surface area contributed by atoms with Crippen LogP contribution in [0.3, 0.4) is 0 Å². The number of pyridine rings is 1. The molecule has 0 spiro atoms. The monoisotopic (exact) mass is 320 g/mol. The molecule has 0 bridgehead atoms. The van der Waals surface area contributed by atoms with E-state index >= 15 is 0 Å². The van der Waals surface area contributed by atoms with Gasteiger partial charge in [0.15, 0.2) is 5.13 Å². The van der Waals surface area contributed by atoms with Gasteiger partial charge in [0, 0.05) is 43.9 Å². The average molecular weight is 320 g/mol. The van der Waals surface area contributed by atoms with E-state index in [1.807, 2.05) is 22.7 Å². The summed E-state index contributed by atoms with van der Waals surface area (Å²) in [6.45, 7) is 3.42. The lowest BCUT2D eigenvalue weighted by Gasteiger charge is -2.41. The van der Waals surface area contributed by atoms with Crippen molar-refractivity contribution in [3.05, 3.63) is 18.5 Å². The molecule has 2 aromatic heterocycles. The molecule has 5 nitrogen and oxygen atoms in total. The molecule has 0 radical (unpaired) electrons.